The predicted octanol–water partition coefficient (Wildman–Crippen LogP) is 1.29. The van der Waals surface area contributed by atoms with Crippen LogP contribution in [0.5, 0.6) is 0 Å². The number of carbonyl (C=O) groups excluding carboxylic acids is 1. The number of hydrogen-bond acceptors (Lipinski definition) is 3. The Morgan fingerprint density at radius 2 is 2.39 bits per heavy atom. The maximum absolute atomic E-state index is 11.5. The molecule has 0 aliphatic carbocycles. The number of nitrogens with zero attached hydrogens (tertiary/aromatic N) is 2. The molecule has 0 aliphatic heterocycles. The van der Waals surface area contributed by atoms with Gasteiger partial charge in [0.25, 0.3) is 0 Å². The summed E-state index contributed by atoms with van der Waals surface area (Å²) in [7, 11) is 1.87. The van der Waals surface area contributed by atoms with Crippen molar-refractivity contribution in [3.63, 3.8) is 0 Å². The fraction of sp³-hybridized carbons (Fsp3) is 0.286. The van der Waals surface area contributed by atoms with Gasteiger partial charge >= 0.3 is 0 Å². The van der Waals surface area contributed by atoms with Crippen molar-refractivity contribution in [3.8, 4) is 6.07 Å². The van der Waals surface area contributed by atoms with Crippen LogP contribution in [0, 0.1) is 11.3 Å². The summed E-state index contributed by atoms with van der Waals surface area (Å²) >= 11 is 0. The van der Waals surface area contributed by atoms with Crippen LogP contribution in [0.1, 0.15) is 11.1 Å². The molecule has 1 amide bonds. The molecule has 94 valence electrons. The van der Waals surface area contributed by atoms with Crippen LogP contribution >= 0.6 is 0 Å². The lowest BCUT2D eigenvalue weighted by Gasteiger charge is -2.16. The van der Waals surface area contributed by atoms with Crippen molar-refractivity contribution in [2.24, 2.45) is 0 Å². The summed E-state index contributed by atoms with van der Waals surface area (Å²) in [6.45, 7) is 4.98. The molecule has 1 rings (SSSR count). The largest absolute Gasteiger partial charge is 0.352 e. The number of likely N-dealkylation sites (N-methyl/N-ethyl adjacent to an activating group) is 1. The summed E-state index contributed by atoms with van der Waals surface area (Å²) in [5.74, 6) is -0.0335. The van der Waals surface area contributed by atoms with Gasteiger partial charge in [0, 0.05) is 13.1 Å². The van der Waals surface area contributed by atoms with Gasteiger partial charge < -0.3 is 5.32 Å². The Morgan fingerprint density at radius 1 is 1.61 bits per heavy atom. The molecule has 0 saturated heterocycles. The van der Waals surface area contributed by atoms with E-state index in [-0.39, 0.29) is 5.91 Å². The van der Waals surface area contributed by atoms with Crippen LogP contribution in [0.3, 0.4) is 0 Å². The maximum atomic E-state index is 11.5. The molecule has 0 heterocycles. The second-order valence-corrected chi connectivity index (χ2v) is 4.08. The number of carbonyl (C=O) groups is 1. The number of amides is 1. The molecule has 0 spiro atoms. The standard InChI is InChI=1S/C14H17N3O/c1-3-7-16-14(18)11-17(2)10-13-6-4-5-12(8-13)9-15/h3-6,8H,1,7,10-11H2,2H3,(H,16,18). The van der Waals surface area contributed by atoms with Crippen molar-refractivity contribution in [2.75, 3.05) is 20.1 Å². The summed E-state index contributed by atoms with van der Waals surface area (Å²) < 4.78 is 0. The van der Waals surface area contributed by atoms with E-state index in [0.29, 0.717) is 25.2 Å². The van der Waals surface area contributed by atoms with Crippen LogP contribution in [-0.2, 0) is 11.3 Å². The molecule has 0 aliphatic rings. The van der Waals surface area contributed by atoms with Gasteiger partial charge in [0.1, 0.15) is 0 Å². The van der Waals surface area contributed by atoms with Crippen LogP contribution < -0.4 is 5.32 Å². The van der Waals surface area contributed by atoms with Gasteiger partial charge in [-0.05, 0) is 24.7 Å². The Bertz CT molecular complexity index is 462. The highest BCUT2D eigenvalue weighted by atomic mass is 16.1. The number of nitriles is 1. The summed E-state index contributed by atoms with van der Waals surface area (Å²) in [5, 5.41) is 11.5. The van der Waals surface area contributed by atoms with Gasteiger partial charge in [-0.3, -0.25) is 9.69 Å². The Hall–Kier alpha value is -2.12. The van der Waals surface area contributed by atoms with E-state index in [4.69, 9.17) is 5.26 Å². The first kappa shape index (κ1) is 13.9. The Labute approximate surface area is 108 Å². The minimum absolute atomic E-state index is 0.0335. The average Bonchev–Trinajstić information content (AvgIpc) is 2.36. The smallest absolute Gasteiger partial charge is 0.234 e. The summed E-state index contributed by atoms with van der Waals surface area (Å²) in [6, 6.07) is 9.49. The molecular formula is C14H17N3O. The fourth-order valence-corrected chi connectivity index (χ4v) is 1.59. The third-order valence-electron chi connectivity index (χ3n) is 2.37. The van der Waals surface area contributed by atoms with Crippen LogP contribution in [0.4, 0.5) is 0 Å². The molecule has 0 radical (unpaired) electrons. The maximum Gasteiger partial charge on any atom is 0.234 e. The molecule has 4 nitrogen and oxygen atoms in total. The zero-order valence-electron chi connectivity index (χ0n) is 10.5. The van der Waals surface area contributed by atoms with Crippen LogP contribution in [0.15, 0.2) is 36.9 Å². The molecule has 1 aromatic carbocycles. The number of rotatable bonds is 6. The molecule has 0 atom stereocenters. The van der Waals surface area contributed by atoms with Crippen molar-refractivity contribution in [2.45, 2.75) is 6.54 Å². The zero-order chi connectivity index (χ0) is 13.4. The fourth-order valence-electron chi connectivity index (χ4n) is 1.59. The van der Waals surface area contributed by atoms with Crippen molar-refractivity contribution < 1.29 is 4.79 Å². The first-order valence-electron chi connectivity index (χ1n) is 5.71. The second kappa shape index (κ2) is 7.25. The van der Waals surface area contributed by atoms with Crippen molar-refractivity contribution in [1.82, 2.24) is 10.2 Å². The molecule has 1 N–H and O–H groups in total. The lowest BCUT2D eigenvalue weighted by Crippen LogP contribution is -2.34. The first-order chi connectivity index (χ1) is 8.65. The lowest BCUT2D eigenvalue weighted by atomic mass is 10.1. The number of hydrogen-bond donors (Lipinski definition) is 1. The number of nitrogens with one attached hydrogen (secondary N) is 1. The molecule has 0 bridgehead atoms. The van der Waals surface area contributed by atoms with Crippen molar-refractivity contribution >= 4 is 5.91 Å². The Balaban J connectivity index is 2.48. The highest BCUT2D eigenvalue weighted by Gasteiger charge is 2.06. The van der Waals surface area contributed by atoms with Gasteiger partial charge in [-0.1, -0.05) is 18.2 Å². The molecule has 0 saturated carbocycles. The van der Waals surface area contributed by atoms with E-state index in [0.717, 1.165) is 5.56 Å². The van der Waals surface area contributed by atoms with Crippen molar-refractivity contribution in [3.05, 3.63) is 48.0 Å². The second-order valence-electron chi connectivity index (χ2n) is 4.08. The van der Waals surface area contributed by atoms with Crippen LogP contribution in [-0.4, -0.2) is 30.9 Å². The molecule has 0 fully saturated rings. The highest BCUT2D eigenvalue weighted by Crippen LogP contribution is 2.06. The molecule has 0 unspecified atom stereocenters. The van der Waals surface area contributed by atoms with E-state index in [1.165, 1.54) is 0 Å². The zero-order valence-corrected chi connectivity index (χ0v) is 10.5. The van der Waals surface area contributed by atoms with Gasteiger partial charge in [0.2, 0.25) is 5.91 Å². The minimum atomic E-state index is -0.0335. The highest BCUT2D eigenvalue weighted by molar-refractivity contribution is 5.78. The van der Waals surface area contributed by atoms with Gasteiger partial charge in [-0.15, -0.1) is 6.58 Å². The third kappa shape index (κ3) is 4.81. The summed E-state index contributed by atoms with van der Waals surface area (Å²) in [5.41, 5.74) is 1.66. The quantitative estimate of drug-likeness (QED) is 0.766. The monoisotopic (exact) mass is 243 g/mol. The van der Waals surface area contributed by atoms with E-state index < -0.39 is 0 Å². The topological polar surface area (TPSA) is 56.1 Å². The predicted molar refractivity (Wildman–Crippen MR) is 70.7 cm³/mol. The number of benzene rings is 1. The van der Waals surface area contributed by atoms with Crippen molar-refractivity contribution in [1.29, 1.82) is 5.26 Å². The van der Waals surface area contributed by atoms with Gasteiger partial charge in [-0.25, -0.2) is 0 Å². The minimum Gasteiger partial charge on any atom is -0.352 e. The first-order valence-corrected chi connectivity index (χ1v) is 5.71. The Kier molecular flexibility index (Phi) is 5.62. The van der Waals surface area contributed by atoms with E-state index in [1.807, 2.05) is 30.1 Å². The van der Waals surface area contributed by atoms with Crippen LogP contribution in [0.2, 0.25) is 0 Å². The van der Waals surface area contributed by atoms with Crippen LogP contribution in [0.25, 0.3) is 0 Å². The molecule has 18 heavy (non-hydrogen) atoms. The van der Waals surface area contributed by atoms with E-state index in [1.54, 1.807) is 12.1 Å². The molecule has 4 heteroatoms. The SMILES string of the molecule is C=CCNC(=O)CN(C)Cc1cccc(C#N)c1. The Morgan fingerprint density at radius 3 is 3.06 bits per heavy atom. The summed E-state index contributed by atoms with van der Waals surface area (Å²) in [6.07, 6.45) is 1.65. The third-order valence-corrected chi connectivity index (χ3v) is 2.37. The molecule has 0 aromatic heterocycles. The van der Waals surface area contributed by atoms with E-state index >= 15 is 0 Å². The molecular weight excluding hydrogens is 226 g/mol. The van der Waals surface area contributed by atoms with Gasteiger partial charge in [0.15, 0.2) is 0 Å². The normalized spacial score (nSPS) is 9.83. The molecule has 1 aromatic rings. The van der Waals surface area contributed by atoms with Gasteiger partial charge in [-0.2, -0.15) is 5.26 Å². The lowest BCUT2D eigenvalue weighted by molar-refractivity contribution is -0.121. The van der Waals surface area contributed by atoms with E-state index in [9.17, 15) is 4.79 Å². The van der Waals surface area contributed by atoms with E-state index in [2.05, 4.69) is 18.0 Å². The average molecular weight is 243 g/mol. The van der Waals surface area contributed by atoms with Gasteiger partial charge in [0.05, 0.1) is 18.2 Å². The summed E-state index contributed by atoms with van der Waals surface area (Å²) in [4.78, 5) is 13.4.